The molecule has 1 saturated heterocycles. The highest BCUT2D eigenvalue weighted by Crippen LogP contribution is 2.42. The molecule has 0 aliphatic carbocycles. The van der Waals surface area contributed by atoms with E-state index in [1.807, 2.05) is 27.7 Å². The molecule has 4 rings (SSSR count). The molecule has 7 nitrogen and oxygen atoms in total. The Kier molecular flexibility index (Phi) is 6.45. The fourth-order valence-corrected chi connectivity index (χ4v) is 4.02. The minimum atomic E-state index is -0.917. The van der Waals surface area contributed by atoms with Crippen molar-refractivity contribution in [2.75, 3.05) is 11.5 Å². The minimum absolute atomic E-state index is 0.00320. The molecule has 1 aliphatic heterocycles. The minimum Gasteiger partial charge on any atom is -0.507 e. The van der Waals surface area contributed by atoms with Gasteiger partial charge in [0.25, 0.3) is 11.7 Å². The van der Waals surface area contributed by atoms with Crippen LogP contribution in [-0.2, 0) is 9.59 Å². The lowest BCUT2D eigenvalue weighted by Crippen LogP contribution is -2.29. The van der Waals surface area contributed by atoms with E-state index in [2.05, 4.69) is 0 Å². The van der Waals surface area contributed by atoms with Crippen molar-refractivity contribution in [1.82, 2.24) is 0 Å². The van der Waals surface area contributed by atoms with Crippen LogP contribution in [0.15, 0.2) is 70.9 Å². The average molecular weight is 462 g/mol. The zero-order valence-electron chi connectivity index (χ0n) is 19.6. The number of aliphatic hydroxyl groups excluding tert-OH is 1. The van der Waals surface area contributed by atoms with E-state index in [9.17, 15) is 14.7 Å². The van der Waals surface area contributed by atoms with E-state index in [-0.39, 0.29) is 17.4 Å². The van der Waals surface area contributed by atoms with Gasteiger partial charge in [-0.25, -0.2) is 0 Å². The molecule has 176 valence electrons. The number of anilines is 1. The van der Waals surface area contributed by atoms with Gasteiger partial charge < -0.3 is 19.0 Å². The van der Waals surface area contributed by atoms with Crippen LogP contribution in [0, 0.1) is 6.92 Å². The van der Waals surface area contributed by atoms with Crippen molar-refractivity contribution < 1.29 is 28.6 Å². The van der Waals surface area contributed by atoms with Gasteiger partial charge in [-0.1, -0.05) is 0 Å². The van der Waals surface area contributed by atoms with Crippen molar-refractivity contribution in [2.45, 2.75) is 39.8 Å². The maximum Gasteiger partial charge on any atom is 0.300 e. The molecule has 1 aliphatic rings. The van der Waals surface area contributed by atoms with E-state index in [1.165, 1.54) is 11.2 Å². The Labute approximate surface area is 198 Å². The van der Waals surface area contributed by atoms with Crippen LogP contribution in [-0.4, -0.2) is 29.5 Å². The van der Waals surface area contributed by atoms with E-state index in [0.29, 0.717) is 35.1 Å². The van der Waals surface area contributed by atoms with Gasteiger partial charge in [0.2, 0.25) is 0 Å². The number of rotatable bonds is 7. The molecule has 1 unspecified atom stereocenters. The van der Waals surface area contributed by atoms with E-state index in [0.717, 1.165) is 5.56 Å². The highest BCUT2D eigenvalue weighted by molar-refractivity contribution is 6.51. The van der Waals surface area contributed by atoms with Gasteiger partial charge in [-0.3, -0.25) is 14.5 Å². The van der Waals surface area contributed by atoms with Gasteiger partial charge in [0, 0.05) is 11.3 Å². The second-order valence-electron chi connectivity index (χ2n) is 8.26. The number of benzene rings is 2. The summed E-state index contributed by atoms with van der Waals surface area (Å²) < 4.78 is 16.9. The van der Waals surface area contributed by atoms with Gasteiger partial charge >= 0.3 is 0 Å². The predicted molar refractivity (Wildman–Crippen MR) is 128 cm³/mol. The number of carbonyl (C=O) groups excluding carboxylic acids is 2. The largest absolute Gasteiger partial charge is 0.507 e. The number of ketones is 1. The molecule has 1 aromatic heterocycles. The lowest BCUT2D eigenvalue weighted by molar-refractivity contribution is -0.132. The quantitative estimate of drug-likeness (QED) is 0.288. The smallest absolute Gasteiger partial charge is 0.300 e. The third-order valence-electron chi connectivity index (χ3n) is 5.49. The van der Waals surface area contributed by atoms with Gasteiger partial charge in [0.1, 0.15) is 29.1 Å². The first-order valence-electron chi connectivity index (χ1n) is 11.2. The van der Waals surface area contributed by atoms with Crippen LogP contribution in [0.2, 0.25) is 0 Å². The number of hydrogen-bond donors (Lipinski definition) is 1. The van der Waals surface area contributed by atoms with Crippen molar-refractivity contribution >= 4 is 23.1 Å². The summed E-state index contributed by atoms with van der Waals surface area (Å²) in [4.78, 5) is 27.7. The predicted octanol–water partition coefficient (Wildman–Crippen LogP) is 5.40. The molecule has 34 heavy (non-hydrogen) atoms. The van der Waals surface area contributed by atoms with Gasteiger partial charge in [-0.15, -0.1) is 0 Å². The zero-order valence-corrected chi connectivity index (χ0v) is 19.6. The van der Waals surface area contributed by atoms with Crippen molar-refractivity contribution in [1.29, 1.82) is 0 Å². The second-order valence-corrected chi connectivity index (χ2v) is 8.26. The standard InChI is InChI=1S/C27H27NO6/c1-5-32-20-11-9-19(10-12-20)28-24(22-7-6-14-33-22)23(26(30)27(28)31)25(29)18-8-13-21(17(4)15-18)34-16(2)3/h6-16,24,29H,5H2,1-4H3/b25-23-. The molecule has 2 aromatic carbocycles. The van der Waals surface area contributed by atoms with Crippen molar-refractivity contribution in [3.63, 3.8) is 0 Å². The molecule has 0 bridgehead atoms. The van der Waals surface area contributed by atoms with E-state index < -0.39 is 17.7 Å². The Morgan fingerprint density at radius 3 is 2.44 bits per heavy atom. The fraction of sp³-hybridized carbons (Fsp3) is 0.259. The number of carbonyl (C=O) groups is 2. The van der Waals surface area contributed by atoms with Gasteiger partial charge in [-0.05, 0) is 87.9 Å². The van der Waals surface area contributed by atoms with Gasteiger partial charge in [0.05, 0.1) is 24.5 Å². The van der Waals surface area contributed by atoms with Crippen LogP contribution in [0.1, 0.15) is 43.7 Å². The van der Waals surface area contributed by atoms with Gasteiger partial charge in [-0.2, -0.15) is 0 Å². The first kappa shape index (κ1) is 23.2. The Hall–Kier alpha value is -4.00. The molecule has 3 aromatic rings. The van der Waals surface area contributed by atoms with E-state index in [1.54, 1.807) is 54.6 Å². The number of aliphatic hydroxyl groups is 1. The van der Waals surface area contributed by atoms with Crippen molar-refractivity contribution in [3.05, 3.63) is 83.3 Å². The summed E-state index contributed by atoms with van der Waals surface area (Å²) in [6, 6.07) is 14.5. The summed E-state index contributed by atoms with van der Waals surface area (Å²) in [7, 11) is 0. The van der Waals surface area contributed by atoms with Crippen molar-refractivity contribution in [3.8, 4) is 11.5 Å². The molecule has 0 radical (unpaired) electrons. The number of amides is 1. The van der Waals surface area contributed by atoms with Crippen molar-refractivity contribution in [2.24, 2.45) is 0 Å². The molecule has 1 amide bonds. The highest BCUT2D eigenvalue weighted by atomic mass is 16.5. The van der Waals surface area contributed by atoms with Crippen LogP contribution in [0.3, 0.4) is 0 Å². The summed E-state index contributed by atoms with van der Waals surface area (Å²) in [6.07, 6.45) is 1.46. The number of ether oxygens (including phenoxy) is 2. The lowest BCUT2D eigenvalue weighted by atomic mass is 9.98. The summed E-state index contributed by atoms with van der Waals surface area (Å²) in [6.45, 7) is 8.11. The van der Waals surface area contributed by atoms with Crippen LogP contribution >= 0.6 is 0 Å². The van der Waals surface area contributed by atoms with Gasteiger partial charge in [0.15, 0.2) is 0 Å². The lowest BCUT2D eigenvalue weighted by Gasteiger charge is -2.23. The molecule has 7 heteroatoms. The number of hydrogen-bond acceptors (Lipinski definition) is 6. The highest BCUT2D eigenvalue weighted by Gasteiger charge is 2.48. The first-order valence-corrected chi connectivity index (χ1v) is 11.2. The van der Waals surface area contributed by atoms with Crippen LogP contribution in [0.25, 0.3) is 5.76 Å². The topological polar surface area (TPSA) is 89.2 Å². The van der Waals surface area contributed by atoms with Crippen LogP contribution in [0.5, 0.6) is 11.5 Å². The Morgan fingerprint density at radius 1 is 1.12 bits per heavy atom. The maximum absolute atomic E-state index is 13.2. The molecule has 1 atom stereocenters. The molecule has 1 fully saturated rings. The van der Waals surface area contributed by atoms with Crippen LogP contribution in [0.4, 0.5) is 5.69 Å². The second kappa shape index (κ2) is 9.47. The zero-order chi connectivity index (χ0) is 24.4. The number of aryl methyl sites for hydroxylation is 1. The van der Waals surface area contributed by atoms with E-state index >= 15 is 0 Å². The third-order valence-corrected chi connectivity index (χ3v) is 5.49. The average Bonchev–Trinajstić information content (AvgIpc) is 3.42. The number of nitrogens with zero attached hydrogens (tertiary/aromatic N) is 1. The number of Topliss-reactive ketones (excluding diaryl/α,β-unsaturated/α-hetero) is 1. The molecule has 0 spiro atoms. The molecule has 1 N–H and O–H groups in total. The molecular weight excluding hydrogens is 434 g/mol. The molecule has 0 saturated carbocycles. The van der Waals surface area contributed by atoms with Crippen LogP contribution < -0.4 is 14.4 Å². The normalized spacial score (nSPS) is 17.4. The maximum atomic E-state index is 13.2. The monoisotopic (exact) mass is 461 g/mol. The summed E-state index contributed by atoms with van der Waals surface area (Å²) in [5.74, 6) is -0.101. The Morgan fingerprint density at radius 2 is 1.85 bits per heavy atom. The Balaban J connectivity index is 1.81. The third kappa shape index (κ3) is 4.29. The Bertz CT molecular complexity index is 1220. The summed E-state index contributed by atoms with van der Waals surface area (Å²) >= 11 is 0. The van der Waals surface area contributed by atoms with E-state index in [4.69, 9.17) is 13.9 Å². The fourth-order valence-electron chi connectivity index (χ4n) is 4.02. The molecule has 2 heterocycles. The SMILES string of the molecule is CCOc1ccc(N2C(=O)C(=O)/C(=C(\O)c3ccc(OC(C)C)c(C)c3)C2c2ccco2)cc1. The summed E-state index contributed by atoms with van der Waals surface area (Å²) in [5, 5.41) is 11.2. The summed E-state index contributed by atoms with van der Waals surface area (Å²) in [5.41, 5.74) is 1.66. The number of furan rings is 1. The molecular formula is C27H27NO6. The first-order chi connectivity index (χ1) is 16.3.